The molecule has 0 spiro atoms. The molecule has 1 aliphatic rings. The Kier molecular flexibility index (Phi) is 5.60. The molecule has 0 aromatic carbocycles. The van der Waals surface area contributed by atoms with Crippen LogP contribution < -0.4 is 11.1 Å². The van der Waals surface area contributed by atoms with Crippen molar-refractivity contribution in [2.75, 3.05) is 20.1 Å². The predicted molar refractivity (Wildman–Crippen MR) is 75.3 cm³/mol. The van der Waals surface area contributed by atoms with E-state index in [2.05, 4.69) is 24.1 Å². The fourth-order valence-corrected chi connectivity index (χ4v) is 2.46. The predicted octanol–water partition coefficient (Wildman–Crippen LogP) is 1.35. The van der Waals surface area contributed by atoms with Crippen molar-refractivity contribution in [2.45, 2.75) is 58.0 Å². The van der Waals surface area contributed by atoms with E-state index in [1.54, 1.807) is 0 Å². The van der Waals surface area contributed by atoms with Crippen molar-refractivity contribution in [2.24, 2.45) is 11.7 Å². The maximum absolute atomic E-state index is 11.5. The molecule has 2 unspecified atom stereocenters. The maximum atomic E-state index is 11.5. The molecule has 0 bridgehead atoms. The standard InChI is InChI=1S/C14H29N3O/c1-5-8-17(10-12-6-7-12)11(2)9-14(3,16-4)13(15)18/h11-12,16H,5-10H2,1-4H3,(H2,15,18). The molecule has 106 valence electrons. The third-order valence-electron chi connectivity index (χ3n) is 4.12. The molecule has 4 nitrogen and oxygen atoms in total. The minimum Gasteiger partial charge on any atom is -0.368 e. The van der Waals surface area contributed by atoms with Crippen LogP contribution in [0.2, 0.25) is 0 Å². The molecule has 0 aromatic heterocycles. The second-order valence-corrected chi connectivity index (χ2v) is 5.94. The molecule has 1 aliphatic carbocycles. The van der Waals surface area contributed by atoms with Crippen molar-refractivity contribution in [1.82, 2.24) is 10.2 Å². The number of nitrogens with one attached hydrogen (secondary N) is 1. The van der Waals surface area contributed by atoms with Crippen LogP contribution in [0.5, 0.6) is 0 Å². The van der Waals surface area contributed by atoms with Crippen LogP contribution in [-0.2, 0) is 4.79 Å². The summed E-state index contributed by atoms with van der Waals surface area (Å²) in [5, 5.41) is 3.07. The minimum atomic E-state index is -0.602. The van der Waals surface area contributed by atoms with Crippen molar-refractivity contribution < 1.29 is 4.79 Å². The highest BCUT2D eigenvalue weighted by molar-refractivity contribution is 5.84. The molecule has 1 saturated carbocycles. The molecule has 18 heavy (non-hydrogen) atoms. The lowest BCUT2D eigenvalue weighted by Gasteiger charge is -2.35. The van der Waals surface area contributed by atoms with Gasteiger partial charge in [-0.2, -0.15) is 0 Å². The first kappa shape index (κ1) is 15.4. The van der Waals surface area contributed by atoms with Gasteiger partial charge >= 0.3 is 0 Å². The molecule has 0 heterocycles. The van der Waals surface area contributed by atoms with Gasteiger partial charge in [0.2, 0.25) is 5.91 Å². The fraction of sp³-hybridized carbons (Fsp3) is 0.929. The Bertz CT molecular complexity index is 278. The quantitative estimate of drug-likeness (QED) is 0.654. The monoisotopic (exact) mass is 255 g/mol. The van der Waals surface area contributed by atoms with Crippen LogP contribution in [0.4, 0.5) is 0 Å². The molecular formula is C14H29N3O. The highest BCUT2D eigenvalue weighted by Crippen LogP contribution is 2.31. The van der Waals surface area contributed by atoms with Gasteiger partial charge in [0.1, 0.15) is 0 Å². The van der Waals surface area contributed by atoms with Gasteiger partial charge in [-0.15, -0.1) is 0 Å². The Hall–Kier alpha value is -0.610. The average molecular weight is 255 g/mol. The third-order valence-corrected chi connectivity index (χ3v) is 4.12. The van der Waals surface area contributed by atoms with Gasteiger partial charge in [0, 0.05) is 12.6 Å². The fourth-order valence-electron chi connectivity index (χ4n) is 2.46. The summed E-state index contributed by atoms with van der Waals surface area (Å²) in [6.07, 6.45) is 4.66. The van der Waals surface area contributed by atoms with Crippen molar-refractivity contribution in [3.8, 4) is 0 Å². The number of carbonyl (C=O) groups excluding carboxylic acids is 1. The summed E-state index contributed by atoms with van der Waals surface area (Å²) < 4.78 is 0. The average Bonchev–Trinajstić information content (AvgIpc) is 3.11. The van der Waals surface area contributed by atoms with Crippen LogP contribution >= 0.6 is 0 Å². The van der Waals surface area contributed by atoms with Gasteiger partial charge in [0.05, 0.1) is 5.54 Å². The van der Waals surface area contributed by atoms with Crippen molar-refractivity contribution in [3.63, 3.8) is 0 Å². The first-order valence-corrected chi connectivity index (χ1v) is 7.15. The first-order chi connectivity index (χ1) is 8.42. The van der Waals surface area contributed by atoms with Crippen molar-refractivity contribution in [3.05, 3.63) is 0 Å². The summed E-state index contributed by atoms with van der Waals surface area (Å²) in [5.74, 6) is 0.619. The summed E-state index contributed by atoms with van der Waals surface area (Å²) in [6.45, 7) is 8.59. The Morgan fingerprint density at radius 3 is 2.56 bits per heavy atom. The normalized spacial score (nSPS) is 20.7. The molecule has 0 radical (unpaired) electrons. The number of nitrogens with two attached hydrogens (primary N) is 1. The first-order valence-electron chi connectivity index (χ1n) is 7.15. The Labute approximate surface area is 111 Å². The summed E-state index contributed by atoms with van der Waals surface area (Å²) in [7, 11) is 1.81. The molecule has 3 N–H and O–H groups in total. The zero-order chi connectivity index (χ0) is 13.8. The van der Waals surface area contributed by atoms with Crippen LogP contribution in [0.3, 0.4) is 0 Å². The van der Waals surface area contributed by atoms with Gasteiger partial charge in [-0.3, -0.25) is 4.79 Å². The van der Waals surface area contributed by atoms with Gasteiger partial charge in [-0.1, -0.05) is 6.92 Å². The number of rotatable bonds is 9. The van der Waals surface area contributed by atoms with Gasteiger partial charge < -0.3 is 16.0 Å². The van der Waals surface area contributed by atoms with E-state index < -0.39 is 5.54 Å². The van der Waals surface area contributed by atoms with E-state index in [0.717, 1.165) is 25.3 Å². The molecule has 2 atom stereocenters. The van der Waals surface area contributed by atoms with E-state index in [9.17, 15) is 4.79 Å². The lowest BCUT2D eigenvalue weighted by Crippen LogP contribution is -2.55. The number of likely N-dealkylation sites (N-methyl/N-ethyl adjacent to an activating group) is 1. The van der Waals surface area contributed by atoms with E-state index >= 15 is 0 Å². The minimum absolute atomic E-state index is 0.264. The smallest absolute Gasteiger partial charge is 0.237 e. The van der Waals surface area contributed by atoms with Crippen molar-refractivity contribution in [1.29, 1.82) is 0 Å². The second-order valence-electron chi connectivity index (χ2n) is 5.94. The molecule has 4 heteroatoms. The van der Waals surface area contributed by atoms with Gasteiger partial charge in [-0.25, -0.2) is 0 Å². The topological polar surface area (TPSA) is 58.4 Å². The molecule has 0 aliphatic heterocycles. The Morgan fingerprint density at radius 2 is 2.17 bits per heavy atom. The summed E-state index contributed by atoms with van der Waals surface area (Å²) in [5.41, 5.74) is 4.90. The number of hydrogen-bond acceptors (Lipinski definition) is 3. The number of amides is 1. The van der Waals surface area contributed by atoms with E-state index in [4.69, 9.17) is 5.73 Å². The molecule has 1 rings (SSSR count). The summed E-state index contributed by atoms with van der Waals surface area (Å²) in [4.78, 5) is 14.1. The zero-order valence-electron chi connectivity index (χ0n) is 12.3. The lowest BCUT2D eigenvalue weighted by molar-refractivity contribution is -0.124. The number of hydrogen-bond donors (Lipinski definition) is 2. The molecular weight excluding hydrogens is 226 g/mol. The highest BCUT2D eigenvalue weighted by Gasteiger charge is 2.34. The summed E-state index contributed by atoms with van der Waals surface area (Å²) >= 11 is 0. The van der Waals surface area contributed by atoms with Crippen LogP contribution in [0.25, 0.3) is 0 Å². The highest BCUT2D eigenvalue weighted by atomic mass is 16.1. The maximum Gasteiger partial charge on any atom is 0.237 e. The molecule has 0 saturated heterocycles. The van der Waals surface area contributed by atoms with Crippen LogP contribution in [0.15, 0.2) is 0 Å². The third kappa shape index (κ3) is 4.25. The molecule has 0 aromatic rings. The molecule has 1 fully saturated rings. The Balaban J connectivity index is 2.57. The van der Waals surface area contributed by atoms with Gasteiger partial charge in [-0.05, 0) is 59.0 Å². The van der Waals surface area contributed by atoms with E-state index in [0.29, 0.717) is 6.04 Å². The van der Waals surface area contributed by atoms with Crippen LogP contribution in [0.1, 0.15) is 46.5 Å². The summed E-state index contributed by atoms with van der Waals surface area (Å²) in [6, 6.07) is 0.385. The lowest BCUT2D eigenvalue weighted by atomic mass is 9.92. The number of carbonyl (C=O) groups is 1. The van der Waals surface area contributed by atoms with Crippen LogP contribution in [0, 0.1) is 5.92 Å². The Morgan fingerprint density at radius 1 is 1.56 bits per heavy atom. The van der Waals surface area contributed by atoms with Gasteiger partial charge in [0.15, 0.2) is 0 Å². The SMILES string of the molecule is CCCN(CC1CC1)C(C)CC(C)(NC)C(N)=O. The number of primary amides is 1. The van der Waals surface area contributed by atoms with E-state index in [1.165, 1.54) is 19.4 Å². The molecule has 1 amide bonds. The number of nitrogens with zero attached hydrogens (tertiary/aromatic N) is 1. The van der Waals surface area contributed by atoms with Gasteiger partial charge in [0.25, 0.3) is 0 Å². The van der Waals surface area contributed by atoms with E-state index in [-0.39, 0.29) is 5.91 Å². The van der Waals surface area contributed by atoms with Crippen LogP contribution in [-0.4, -0.2) is 42.5 Å². The zero-order valence-corrected chi connectivity index (χ0v) is 12.3. The van der Waals surface area contributed by atoms with E-state index in [1.807, 2.05) is 14.0 Å². The largest absolute Gasteiger partial charge is 0.368 e. The van der Waals surface area contributed by atoms with Crippen molar-refractivity contribution >= 4 is 5.91 Å². The second kappa shape index (κ2) is 6.53.